The number of nitrogen functional groups attached to an aromatic ring is 1. The summed E-state index contributed by atoms with van der Waals surface area (Å²) in [6.07, 6.45) is 5.17. The number of likely N-dealkylation sites (N-methyl/N-ethyl adjacent to an activating group) is 1. The molecule has 0 radical (unpaired) electrons. The number of carboxylic acids is 1. The second-order valence-electron chi connectivity index (χ2n) is 13.7. The molecule has 2 aromatic carbocycles. The van der Waals surface area contributed by atoms with Gasteiger partial charge in [0.15, 0.2) is 23.0 Å². The van der Waals surface area contributed by atoms with Crippen molar-refractivity contribution < 1.29 is 49.3 Å². The van der Waals surface area contributed by atoms with Crippen LogP contribution >= 0.6 is 0 Å². The third kappa shape index (κ3) is 10.3. The highest BCUT2D eigenvalue weighted by atomic mass is 16.5. The Balaban J connectivity index is 1.29. The summed E-state index contributed by atoms with van der Waals surface area (Å²) < 4.78 is 24.0. The maximum absolute atomic E-state index is 12.4. The van der Waals surface area contributed by atoms with Crippen molar-refractivity contribution in [2.75, 3.05) is 39.3 Å². The number of benzene rings is 2. The minimum Gasteiger partial charge on any atom is -0.504 e. The maximum atomic E-state index is 12.4. The summed E-state index contributed by atoms with van der Waals surface area (Å²) >= 11 is 0. The quantitative estimate of drug-likeness (QED) is 0.0532. The molecule has 0 amide bonds. The highest BCUT2D eigenvalue weighted by Gasteiger charge is 2.42. The molecule has 2 aliphatic rings. The van der Waals surface area contributed by atoms with Gasteiger partial charge < -0.3 is 55.5 Å². The first-order valence-corrected chi connectivity index (χ1v) is 18.0. The smallest absolute Gasteiger partial charge is 0.310 e. The number of phenolic OH excluding ortho intramolecular Hbond substituents is 2. The predicted octanol–water partition coefficient (Wildman–Crippen LogP) is 3.63. The van der Waals surface area contributed by atoms with Crippen LogP contribution in [0, 0.1) is 11.8 Å². The number of rotatable bonds is 18. The largest absolute Gasteiger partial charge is 0.504 e. The number of aromatic nitrogens is 1. The first-order chi connectivity index (χ1) is 25.5. The first-order valence-electron chi connectivity index (χ1n) is 18.0. The molecular weight excluding hydrogens is 684 g/mol. The molecular formula is C39H52N4O10. The third-order valence-corrected chi connectivity index (χ3v) is 9.76. The lowest BCUT2D eigenvalue weighted by Gasteiger charge is -2.34. The van der Waals surface area contributed by atoms with E-state index in [1.807, 2.05) is 25.1 Å². The Morgan fingerprint density at radius 2 is 1.85 bits per heavy atom. The summed E-state index contributed by atoms with van der Waals surface area (Å²) in [7, 11) is 1.44. The number of anilines is 1. The molecule has 1 fully saturated rings. The second kappa shape index (κ2) is 18.4. The van der Waals surface area contributed by atoms with Gasteiger partial charge in [-0.1, -0.05) is 25.1 Å². The number of aryl methyl sites for hydroxylation is 1. The number of aliphatic hydroxyl groups is 2. The Hall–Kier alpha value is -4.60. The van der Waals surface area contributed by atoms with Crippen molar-refractivity contribution in [1.29, 1.82) is 0 Å². The summed E-state index contributed by atoms with van der Waals surface area (Å²) in [5.41, 5.74) is 8.39. The molecule has 1 aliphatic carbocycles. The van der Waals surface area contributed by atoms with Crippen molar-refractivity contribution in [3.63, 3.8) is 0 Å². The van der Waals surface area contributed by atoms with E-state index in [1.165, 1.54) is 7.11 Å². The minimum absolute atomic E-state index is 0.00783. The number of nitrogens with one attached hydrogen (secondary N) is 2. The van der Waals surface area contributed by atoms with Crippen molar-refractivity contribution in [2.24, 2.45) is 11.8 Å². The lowest BCUT2D eigenvalue weighted by Crippen LogP contribution is -2.46. The number of carboxylic acid groups (broad SMARTS) is 1. The highest BCUT2D eigenvalue weighted by molar-refractivity contribution is 5.74. The minimum atomic E-state index is -0.951. The van der Waals surface area contributed by atoms with Gasteiger partial charge in [-0.3, -0.25) is 10.1 Å². The number of aliphatic carboxylic acids is 1. The Morgan fingerprint density at radius 1 is 1.06 bits per heavy atom. The molecule has 1 saturated heterocycles. The van der Waals surface area contributed by atoms with Gasteiger partial charge in [0.2, 0.25) is 5.75 Å². The lowest BCUT2D eigenvalue weighted by atomic mass is 9.79. The number of carbonyl (C=O) groups is 1. The molecule has 2 heterocycles. The molecule has 14 nitrogen and oxygen atoms in total. The van der Waals surface area contributed by atoms with Crippen LogP contribution in [0.3, 0.4) is 0 Å². The summed E-state index contributed by atoms with van der Waals surface area (Å²) in [6.45, 7) is 4.66. The van der Waals surface area contributed by atoms with E-state index >= 15 is 0 Å². The lowest BCUT2D eigenvalue weighted by molar-refractivity contribution is -0.142. The average Bonchev–Trinajstić information content (AvgIpc) is 3.58. The maximum Gasteiger partial charge on any atom is 0.310 e. The van der Waals surface area contributed by atoms with Crippen LogP contribution in [-0.2, 0) is 16.0 Å². The molecule has 0 bridgehead atoms. The van der Waals surface area contributed by atoms with Crippen LogP contribution in [0.15, 0.2) is 60.8 Å². The molecule has 9 N–H and O–H groups in total. The molecule has 1 aliphatic heterocycles. The monoisotopic (exact) mass is 736 g/mol. The standard InChI is InChI=1S/C39H52N4O10/c1-4-42-30(37-28(8-9-29(37)39(48)49)24-11-12-43-36(40)16-24)20-51-35-15-25(14-34(50-3)38(35)47)32-18-26(45)17-27(53-32)7-5-23-6-10-31(46)33(13-23)52-21-41-19-22(2)44/h6,8-16,22,26-30,32,37,41-42,44-47H,4-5,7,17-21H2,1-3H3,(H2,40,43)(H,48,49)/t22-,26-,27-,28+,29+,30+,32-,37+/m0/s1. The highest BCUT2D eigenvalue weighted by Crippen LogP contribution is 2.44. The van der Waals surface area contributed by atoms with Gasteiger partial charge in [0.1, 0.15) is 19.2 Å². The number of aliphatic hydroxyl groups excluding tert-OH is 2. The van der Waals surface area contributed by atoms with Crippen LogP contribution in [-0.4, -0.2) is 94.4 Å². The second-order valence-corrected chi connectivity index (χ2v) is 13.7. The average molecular weight is 737 g/mol. The van der Waals surface area contributed by atoms with Crippen LogP contribution < -0.4 is 30.6 Å². The van der Waals surface area contributed by atoms with E-state index in [9.17, 15) is 30.3 Å². The molecule has 5 rings (SSSR count). The van der Waals surface area contributed by atoms with Crippen LogP contribution in [0.4, 0.5) is 5.82 Å². The van der Waals surface area contributed by atoms with E-state index in [0.29, 0.717) is 55.9 Å². The van der Waals surface area contributed by atoms with Crippen molar-refractivity contribution in [1.82, 2.24) is 15.6 Å². The predicted molar refractivity (Wildman–Crippen MR) is 197 cm³/mol. The van der Waals surface area contributed by atoms with E-state index in [2.05, 4.69) is 15.6 Å². The zero-order valence-corrected chi connectivity index (χ0v) is 30.4. The van der Waals surface area contributed by atoms with Crippen molar-refractivity contribution in [3.8, 4) is 28.7 Å². The third-order valence-electron chi connectivity index (χ3n) is 9.76. The Labute approximate surface area is 309 Å². The number of allylic oxidation sites excluding steroid dienone is 1. The van der Waals surface area contributed by atoms with E-state index in [0.717, 1.165) is 11.1 Å². The molecule has 14 heteroatoms. The van der Waals surface area contributed by atoms with Crippen LogP contribution in [0.2, 0.25) is 0 Å². The van der Waals surface area contributed by atoms with E-state index < -0.39 is 42.2 Å². The number of phenols is 2. The van der Waals surface area contributed by atoms with Crippen LogP contribution in [0.1, 0.15) is 61.8 Å². The van der Waals surface area contributed by atoms with Gasteiger partial charge in [-0.15, -0.1) is 0 Å². The Kier molecular flexibility index (Phi) is 13.8. The zero-order chi connectivity index (χ0) is 38.1. The number of nitrogens with zero attached hydrogens (tertiary/aromatic N) is 1. The van der Waals surface area contributed by atoms with E-state index in [1.54, 1.807) is 49.5 Å². The van der Waals surface area contributed by atoms with Gasteiger partial charge >= 0.3 is 5.97 Å². The van der Waals surface area contributed by atoms with E-state index in [-0.39, 0.29) is 48.4 Å². The number of methoxy groups -OCH3 is 1. The SMILES string of the molecule is CCN[C@H](COc1cc([C@@H]2C[C@@H](O)C[C@H](CCc3ccc(O)c(OCNC[C@H](C)O)c3)O2)cc(OC)c1O)[C@@H]1[C@@H](c2ccnc(N)c2)C=C[C@H]1C(=O)O. The van der Waals surface area contributed by atoms with Gasteiger partial charge in [0.25, 0.3) is 0 Å². The van der Waals surface area contributed by atoms with E-state index in [4.69, 9.17) is 24.7 Å². The normalized spacial score (nSPS) is 23.7. The topological polar surface area (TPSA) is 218 Å². The molecule has 0 unspecified atom stereocenters. The first kappa shape index (κ1) is 39.6. The van der Waals surface area contributed by atoms with Crippen LogP contribution in [0.25, 0.3) is 0 Å². The van der Waals surface area contributed by atoms with Crippen LogP contribution in [0.5, 0.6) is 28.7 Å². The molecule has 288 valence electrons. The van der Waals surface area contributed by atoms with Gasteiger partial charge in [-0.2, -0.15) is 0 Å². The molecule has 0 spiro atoms. The fraction of sp³-hybridized carbons (Fsp3) is 0.487. The fourth-order valence-corrected chi connectivity index (χ4v) is 7.22. The van der Waals surface area contributed by atoms with Gasteiger partial charge in [-0.05, 0) is 85.8 Å². The number of ether oxygens (including phenoxy) is 4. The molecule has 8 atom stereocenters. The number of hydrogen-bond acceptors (Lipinski definition) is 13. The number of pyridine rings is 1. The van der Waals surface area contributed by atoms with Gasteiger partial charge in [0.05, 0.1) is 37.4 Å². The summed E-state index contributed by atoms with van der Waals surface area (Å²) in [5, 5.41) is 58.2. The Bertz CT molecular complexity index is 1700. The molecule has 0 saturated carbocycles. The van der Waals surface area contributed by atoms with Crippen molar-refractivity contribution in [3.05, 3.63) is 77.5 Å². The summed E-state index contributed by atoms with van der Waals surface area (Å²) in [4.78, 5) is 16.5. The molecule has 1 aromatic heterocycles. The summed E-state index contributed by atoms with van der Waals surface area (Å²) in [5.74, 6) is -1.65. The molecule has 3 aromatic rings. The van der Waals surface area contributed by atoms with Crippen molar-refractivity contribution >= 4 is 11.8 Å². The number of aromatic hydroxyl groups is 2. The number of hydrogen-bond donors (Lipinski definition) is 8. The zero-order valence-electron chi connectivity index (χ0n) is 30.4. The molecule has 53 heavy (non-hydrogen) atoms. The van der Waals surface area contributed by atoms with Crippen molar-refractivity contribution in [2.45, 2.75) is 75.9 Å². The Morgan fingerprint density at radius 3 is 2.57 bits per heavy atom. The summed E-state index contributed by atoms with van der Waals surface area (Å²) in [6, 6.07) is 11.6. The fourth-order valence-electron chi connectivity index (χ4n) is 7.22. The van der Waals surface area contributed by atoms with Gasteiger partial charge in [-0.25, -0.2) is 4.98 Å². The van der Waals surface area contributed by atoms with Gasteiger partial charge in [0, 0.05) is 37.0 Å². The number of nitrogens with two attached hydrogens (primary N) is 1.